The maximum atomic E-state index is 13.1. The first-order valence-corrected chi connectivity index (χ1v) is 14.6. The van der Waals surface area contributed by atoms with Crippen molar-refractivity contribution in [2.24, 2.45) is 0 Å². The van der Waals surface area contributed by atoms with Crippen molar-refractivity contribution in [3.05, 3.63) is 64.1 Å². The Balaban J connectivity index is 1.60. The van der Waals surface area contributed by atoms with Gasteiger partial charge in [-0.05, 0) is 53.7 Å². The smallest absolute Gasteiger partial charge is 0.408 e. The molecule has 0 aliphatic heterocycles. The number of benzene rings is 2. The molecule has 3 N–H and O–H groups in total. The van der Waals surface area contributed by atoms with Gasteiger partial charge in [-0.1, -0.05) is 59.6 Å². The predicted octanol–water partition coefficient (Wildman–Crippen LogP) is 2.82. The van der Waals surface area contributed by atoms with Crippen molar-refractivity contribution in [2.75, 3.05) is 7.05 Å². The lowest BCUT2D eigenvalue weighted by molar-refractivity contribution is -0.143. The first-order chi connectivity index (χ1) is 20.9. The van der Waals surface area contributed by atoms with Crippen LogP contribution in [-0.2, 0) is 37.1 Å². The van der Waals surface area contributed by atoms with E-state index in [1.54, 1.807) is 42.5 Å². The van der Waals surface area contributed by atoms with Crippen LogP contribution in [0.25, 0.3) is 0 Å². The second-order valence-electron chi connectivity index (χ2n) is 9.45. The zero-order chi connectivity index (χ0) is 32.4. The van der Waals surface area contributed by atoms with E-state index < -0.39 is 60.8 Å². The van der Waals surface area contributed by atoms with Gasteiger partial charge < -0.3 is 25.4 Å². The van der Waals surface area contributed by atoms with Gasteiger partial charge >= 0.3 is 12.1 Å². The zero-order valence-electron chi connectivity index (χ0n) is 23.8. The van der Waals surface area contributed by atoms with E-state index in [1.165, 1.54) is 20.9 Å². The van der Waals surface area contributed by atoms with Gasteiger partial charge in [0.1, 0.15) is 25.2 Å². The minimum Gasteiger partial charge on any atom is -0.481 e. The van der Waals surface area contributed by atoms with Crippen molar-refractivity contribution in [3.63, 3.8) is 0 Å². The predicted molar refractivity (Wildman–Crippen MR) is 159 cm³/mol. The number of alkyl carbamates (subject to hydrolysis) is 1. The number of nitrogens with zero attached hydrogens (tertiary/aromatic N) is 5. The van der Waals surface area contributed by atoms with Gasteiger partial charge in [0.15, 0.2) is 5.78 Å². The van der Waals surface area contributed by atoms with E-state index in [1.807, 2.05) is 6.07 Å². The van der Waals surface area contributed by atoms with E-state index in [2.05, 4.69) is 26.2 Å². The van der Waals surface area contributed by atoms with Crippen molar-refractivity contribution in [3.8, 4) is 0 Å². The minimum absolute atomic E-state index is 0.000188. The molecule has 1 heterocycles. The molecule has 0 spiro atoms. The van der Waals surface area contributed by atoms with E-state index in [-0.39, 0.29) is 11.8 Å². The van der Waals surface area contributed by atoms with Crippen LogP contribution in [0.1, 0.15) is 25.8 Å². The van der Waals surface area contributed by atoms with Crippen LogP contribution in [0.3, 0.4) is 0 Å². The number of carbonyl (C=O) groups excluding carboxylic acids is 4. The number of rotatable bonds is 14. The molecule has 0 aliphatic carbocycles. The number of ketones is 1. The summed E-state index contributed by atoms with van der Waals surface area (Å²) in [7, 11) is 1.33. The molecule has 3 atom stereocenters. The highest BCUT2D eigenvalue weighted by atomic mass is 35.5. The number of nitrogens with one attached hydrogen (secondary N) is 2. The molecule has 0 aliphatic rings. The Bertz CT molecular complexity index is 1490. The Morgan fingerprint density at radius 1 is 1.02 bits per heavy atom. The molecule has 1 aromatic heterocycles. The lowest BCUT2D eigenvalue weighted by atomic mass is 10.1. The monoisotopic (exact) mass is 665 g/mol. The highest BCUT2D eigenvalue weighted by molar-refractivity contribution is 7.99. The standard InChI is InChI=1S/C27H29Cl2N7O7S/c1-15(30-27(42)43-14-17-8-5-4-6-9-17)25(41)35(3)16(2)24(40)31-20(12-22(38)39)21(37)13-36-26(32-33-34-36)44-23-18(28)10-7-11-19(23)29/h4-11,15-16,20H,12-14H2,1-3H3,(H,30,42)(H,31,40)(H,38,39). The average Bonchev–Trinajstić information content (AvgIpc) is 3.42. The van der Waals surface area contributed by atoms with Crippen molar-refractivity contribution in [1.82, 2.24) is 35.7 Å². The summed E-state index contributed by atoms with van der Waals surface area (Å²) < 4.78 is 6.25. The number of carbonyl (C=O) groups is 5. The summed E-state index contributed by atoms with van der Waals surface area (Å²) in [6.07, 6.45) is -1.56. The summed E-state index contributed by atoms with van der Waals surface area (Å²) in [5.41, 5.74) is 0.759. The summed E-state index contributed by atoms with van der Waals surface area (Å²) in [6.45, 7) is 2.33. The molecule has 3 rings (SSSR count). The second-order valence-corrected chi connectivity index (χ2v) is 11.2. The molecular formula is C27H29Cl2N7O7S. The fourth-order valence-corrected chi connectivity index (χ4v) is 5.11. The summed E-state index contributed by atoms with van der Waals surface area (Å²) in [4.78, 5) is 64.3. The third kappa shape index (κ3) is 9.65. The number of tetrazole rings is 1. The third-order valence-electron chi connectivity index (χ3n) is 6.23. The Kier molecular flexibility index (Phi) is 12.5. The molecule has 3 unspecified atom stereocenters. The largest absolute Gasteiger partial charge is 0.481 e. The summed E-state index contributed by atoms with van der Waals surface area (Å²) in [5.74, 6) is -3.48. The van der Waals surface area contributed by atoms with Gasteiger partial charge in [-0.25, -0.2) is 9.48 Å². The fraction of sp³-hybridized carbons (Fsp3) is 0.333. The fourth-order valence-electron chi connectivity index (χ4n) is 3.69. The van der Waals surface area contributed by atoms with Crippen LogP contribution in [0.2, 0.25) is 10.0 Å². The number of carboxylic acid groups (broad SMARTS) is 1. The number of aromatic nitrogens is 4. The molecule has 0 fully saturated rings. The number of aliphatic carboxylic acids is 1. The minimum atomic E-state index is -1.47. The summed E-state index contributed by atoms with van der Waals surface area (Å²) in [6, 6.07) is 10.2. The van der Waals surface area contributed by atoms with Crippen LogP contribution < -0.4 is 10.6 Å². The van der Waals surface area contributed by atoms with E-state index in [0.29, 0.717) is 14.9 Å². The number of hydrogen-bond acceptors (Lipinski definition) is 10. The first kappa shape index (κ1) is 34.3. The summed E-state index contributed by atoms with van der Waals surface area (Å²) >= 11 is 13.4. The Hall–Kier alpha value is -4.21. The van der Waals surface area contributed by atoms with Crippen LogP contribution in [0.5, 0.6) is 0 Å². The van der Waals surface area contributed by atoms with Gasteiger partial charge in [-0.15, -0.1) is 5.10 Å². The van der Waals surface area contributed by atoms with Gasteiger partial charge in [-0.2, -0.15) is 0 Å². The van der Waals surface area contributed by atoms with Gasteiger partial charge in [-0.3, -0.25) is 19.2 Å². The highest BCUT2D eigenvalue weighted by Crippen LogP contribution is 2.37. The Morgan fingerprint density at radius 2 is 1.68 bits per heavy atom. The first-order valence-electron chi connectivity index (χ1n) is 13.0. The van der Waals surface area contributed by atoms with E-state index in [0.717, 1.165) is 26.9 Å². The van der Waals surface area contributed by atoms with E-state index in [9.17, 15) is 29.1 Å². The van der Waals surface area contributed by atoms with Gasteiger partial charge in [0.05, 0.1) is 27.4 Å². The maximum Gasteiger partial charge on any atom is 0.408 e. The number of likely N-dealkylation sites (N-methyl/N-ethyl adjacent to an activating group) is 1. The van der Waals surface area contributed by atoms with Gasteiger partial charge in [0.25, 0.3) is 0 Å². The van der Waals surface area contributed by atoms with Gasteiger partial charge in [0.2, 0.25) is 17.0 Å². The van der Waals surface area contributed by atoms with Crippen LogP contribution in [0.4, 0.5) is 4.79 Å². The Morgan fingerprint density at radius 3 is 2.32 bits per heavy atom. The normalized spacial score (nSPS) is 12.8. The second kappa shape index (κ2) is 16.0. The molecule has 3 aromatic rings. The average molecular weight is 667 g/mol. The zero-order valence-corrected chi connectivity index (χ0v) is 26.1. The van der Waals surface area contributed by atoms with Crippen LogP contribution in [-0.4, -0.2) is 85.0 Å². The molecule has 3 amide bonds. The van der Waals surface area contributed by atoms with E-state index in [4.69, 9.17) is 27.9 Å². The van der Waals surface area contributed by atoms with Crippen molar-refractivity contribution in [2.45, 2.75) is 61.6 Å². The molecule has 0 saturated carbocycles. The molecule has 0 saturated heterocycles. The molecule has 0 radical (unpaired) electrons. The molecule has 2 aromatic carbocycles. The van der Waals surface area contributed by atoms with Crippen molar-refractivity contribution < 1.29 is 33.8 Å². The maximum absolute atomic E-state index is 13.1. The molecule has 44 heavy (non-hydrogen) atoms. The number of Topliss-reactive ketones (excluding diaryl/α,β-unsaturated/α-hetero) is 1. The lowest BCUT2D eigenvalue weighted by Gasteiger charge is -2.28. The summed E-state index contributed by atoms with van der Waals surface area (Å²) in [5, 5.41) is 26.2. The SMILES string of the molecule is CC(NC(=O)OCc1ccccc1)C(=O)N(C)C(C)C(=O)NC(CC(=O)O)C(=O)Cn1nnnc1Sc1c(Cl)cccc1Cl. The number of hydrogen-bond donors (Lipinski definition) is 3. The van der Waals surface area contributed by atoms with Crippen molar-refractivity contribution >= 4 is 64.6 Å². The highest BCUT2D eigenvalue weighted by Gasteiger charge is 2.31. The van der Waals surface area contributed by atoms with Crippen LogP contribution in [0, 0.1) is 0 Å². The molecule has 0 bridgehead atoms. The van der Waals surface area contributed by atoms with Crippen molar-refractivity contribution in [1.29, 1.82) is 0 Å². The van der Waals surface area contributed by atoms with E-state index >= 15 is 0 Å². The molecule has 17 heteroatoms. The number of halogens is 2. The topological polar surface area (TPSA) is 186 Å². The molecule has 234 valence electrons. The number of carboxylic acids is 1. The van der Waals surface area contributed by atoms with Crippen LogP contribution >= 0.6 is 35.0 Å². The number of amides is 3. The number of ether oxygens (including phenoxy) is 1. The molecular weight excluding hydrogens is 637 g/mol. The van der Waals surface area contributed by atoms with Gasteiger partial charge in [0, 0.05) is 7.05 Å². The molecule has 14 nitrogen and oxygen atoms in total. The van der Waals surface area contributed by atoms with Crippen LogP contribution in [0.15, 0.2) is 58.6 Å². The lowest BCUT2D eigenvalue weighted by Crippen LogP contribution is -2.55. The quantitative estimate of drug-likeness (QED) is 0.230. The third-order valence-corrected chi connectivity index (χ3v) is 8.20. The Labute approximate surface area is 266 Å².